The van der Waals surface area contributed by atoms with E-state index in [9.17, 15) is 9.59 Å². The number of fused-ring (bicyclic) bond motifs is 1. The van der Waals surface area contributed by atoms with Crippen molar-refractivity contribution < 1.29 is 19.0 Å². The number of methoxy groups -OCH3 is 2. The lowest BCUT2D eigenvalue weighted by molar-refractivity contribution is -0.138. The van der Waals surface area contributed by atoms with Crippen molar-refractivity contribution in [2.45, 2.75) is 13.0 Å². The second kappa shape index (κ2) is 10.6. The lowest BCUT2D eigenvalue weighted by Crippen LogP contribution is -2.40. The Morgan fingerprint density at radius 1 is 1.05 bits per heavy atom. The predicted molar refractivity (Wildman–Crippen MR) is 145 cm³/mol. The van der Waals surface area contributed by atoms with Crippen molar-refractivity contribution in [1.82, 2.24) is 4.57 Å². The summed E-state index contributed by atoms with van der Waals surface area (Å²) in [6.45, 7) is 1.92. The Bertz CT molecular complexity index is 1650. The fourth-order valence-corrected chi connectivity index (χ4v) is 6.09. The van der Waals surface area contributed by atoms with Crippen molar-refractivity contribution in [3.8, 4) is 11.5 Å². The number of thiazole rings is 1. The van der Waals surface area contributed by atoms with Crippen molar-refractivity contribution in [2.75, 3.05) is 20.8 Å². The van der Waals surface area contributed by atoms with Crippen LogP contribution in [0.3, 0.4) is 0 Å². The molecule has 0 bridgehead atoms. The maximum Gasteiger partial charge on any atom is 0.338 e. The van der Waals surface area contributed by atoms with E-state index in [2.05, 4.69) is 0 Å². The molecule has 0 fully saturated rings. The highest BCUT2D eigenvalue weighted by atomic mass is 32.1. The molecular weight excluding hydrogens is 508 g/mol. The van der Waals surface area contributed by atoms with Crippen LogP contribution in [0, 0.1) is 0 Å². The number of aromatic nitrogens is 1. The molecule has 37 heavy (non-hydrogen) atoms. The zero-order valence-electron chi connectivity index (χ0n) is 20.5. The molecule has 0 unspecified atom stereocenters. The largest absolute Gasteiger partial charge is 0.493 e. The van der Waals surface area contributed by atoms with E-state index < -0.39 is 12.0 Å². The molecule has 0 saturated heterocycles. The molecule has 0 aliphatic carbocycles. The first-order valence-electron chi connectivity index (χ1n) is 11.6. The molecule has 9 heteroatoms. The summed E-state index contributed by atoms with van der Waals surface area (Å²) < 4.78 is 18.9. The first-order chi connectivity index (χ1) is 18.1. The highest BCUT2D eigenvalue weighted by Crippen LogP contribution is 2.42. The fraction of sp³-hybridized carbons (Fsp3) is 0.179. The van der Waals surface area contributed by atoms with Crippen LogP contribution < -0.4 is 24.4 Å². The lowest BCUT2D eigenvalue weighted by Gasteiger charge is -2.27. The van der Waals surface area contributed by atoms with Gasteiger partial charge in [0.2, 0.25) is 0 Å². The molecule has 0 saturated carbocycles. The SMILES string of the molecule is CCOC(=O)C1=C(c2ccccc2)N=c2s/c(=C\c3cccs3)c(=O)n2[C@@H]1c1cccc(OC)c1OC. The zero-order valence-corrected chi connectivity index (χ0v) is 22.1. The summed E-state index contributed by atoms with van der Waals surface area (Å²) in [5, 5.41) is 1.96. The molecule has 0 spiro atoms. The van der Waals surface area contributed by atoms with E-state index in [0.717, 1.165) is 10.4 Å². The minimum Gasteiger partial charge on any atom is -0.493 e. The highest BCUT2D eigenvalue weighted by molar-refractivity contribution is 7.11. The quantitative estimate of drug-likeness (QED) is 0.336. The molecule has 7 nitrogen and oxygen atoms in total. The molecule has 1 aliphatic rings. The Morgan fingerprint density at radius 2 is 1.86 bits per heavy atom. The Kier molecular flexibility index (Phi) is 7.07. The molecule has 2 aromatic carbocycles. The molecule has 3 heterocycles. The second-order valence-electron chi connectivity index (χ2n) is 8.03. The molecule has 1 atom stereocenters. The van der Waals surface area contributed by atoms with E-state index in [1.807, 2.05) is 66.1 Å². The van der Waals surface area contributed by atoms with Crippen LogP contribution in [0.2, 0.25) is 0 Å². The summed E-state index contributed by atoms with van der Waals surface area (Å²) in [7, 11) is 3.08. The van der Waals surface area contributed by atoms with Crippen molar-refractivity contribution in [3.63, 3.8) is 0 Å². The van der Waals surface area contributed by atoms with Gasteiger partial charge in [0, 0.05) is 16.0 Å². The van der Waals surface area contributed by atoms with Crippen LogP contribution in [0.15, 0.2) is 81.4 Å². The van der Waals surface area contributed by atoms with Crippen LogP contribution in [0.1, 0.15) is 29.0 Å². The molecule has 5 rings (SSSR count). The maximum atomic E-state index is 13.9. The molecule has 1 aliphatic heterocycles. The van der Waals surface area contributed by atoms with E-state index in [4.69, 9.17) is 19.2 Å². The number of ether oxygens (including phenoxy) is 3. The topological polar surface area (TPSA) is 79.1 Å². The van der Waals surface area contributed by atoms with Gasteiger partial charge in [-0.3, -0.25) is 9.36 Å². The van der Waals surface area contributed by atoms with E-state index >= 15 is 0 Å². The fourth-order valence-electron chi connectivity index (χ4n) is 4.36. The van der Waals surface area contributed by atoms with Crippen LogP contribution in [0.5, 0.6) is 11.5 Å². The first-order valence-corrected chi connectivity index (χ1v) is 13.3. The smallest absolute Gasteiger partial charge is 0.338 e. The third-order valence-corrected chi connectivity index (χ3v) is 7.72. The number of esters is 1. The average Bonchev–Trinajstić information content (AvgIpc) is 3.55. The van der Waals surface area contributed by atoms with Gasteiger partial charge in [0.1, 0.15) is 6.04 Å². The van der Waals surface area contributed by atoms with Gasteiger partial charge in [0.15, 0.2) is 16.3 Å². The van der Waals surface area contributed by atoms with Crippen LogP contribution in [-0.4, -0.2) is 31.4 Å². The van der Waals surface area contributed by atoms with Crippen molar-refractivity contribution in [1.29, 1.82) is 0 Å². The maximum absolute atomic E-state index is 13.9. The van der Waals surface area contributed by atoms with Gasteiger partial charge in [0.25, 0.3) is 5.56 Å². The lowest BCUT2D eigenvalue weighted by atomic mass is 9.92. The summed E-state index contributed by atoms with van der Waals surface area (Å²) in [4.78, 5) is 33.8. The number of carbonyl (C=O) groups excluding carboxylic acids is 1. The molecule has 0 radical (unpaired) electrons. The second-order valence-corrected chi connectivity index (χ2v) is 10.0. The number of carbonyl (C=O) groups is 1. The number of para-hydroxylation sites is 1. The number of nitrogens with zero attached hydrogens (tertiary/aromatic N) is 2. The molecule has 2 aromatic heterocycles. The minimum atomic E-state index is -0.846. The number of thiophene rings is 1. The normalized spacial score (nSPS) is 15.2. The molecule has 4 aromatic rings. The van der Waals surface area contributed by atoms with E-state index in [1.54, 1.807) is 36.0 Å². The third kappa shape index (κ3) is 4.52. The van der Waals surface area contributed by atoms with Gasteiger partial charge in [-0.05, 0) is 30.5 Å². The standard InChI is InChI=1S/C28H24N2O5S2/c1-4-35-27(32)22-23(17-10-6-5-7-11-17)29-28-30(26(31)21(37-28)16-18-12-9-15-36-18)24(22)19-13-8-14-20(33-2)25(19)34-3/h5-16,24H,4H2,1-3H3/b21-16-/t24-/m1/s1. The van der Waals surface area contributed by atoms with Gasteiger partial charge in [-0.15, -0.1) is 11.3 Å². The molecular formula is C28H24N2O5S2. The van der Waals surface area contributed by atoms with E-state index in [1.165, 1.54) is 18.4 Å². The van der Waals surface area contributed by atoms with Gasteiger partial charge < -0.3 is 14.2 Å². The van der Waals surface area contributed by atoms with E-state index in [-0.39, 0.29) is 17.7 Å². The van der Waals surface area contributed by atoms with Crippen LogP contribution >= 0.6 is 22.7 Å². The summed E-state index contributed by atoms with van der Waals surface area (Å²) in [5.74, 6) is 0.369. The van der Waals surface area contributed by atoms with Gasteiger partial charge in [-0.25, -0.2) is 9.79 Å². The average molecular weight is 533 g/mol. The van der Waals surface area contributed by atoms with E-state index in [0.29, 0.717) is 32.1 Å². The van der Waals surface area contributed by atoms with Crippen molar-refractivity contribution in [3.05, 3.63) is 107 Å². The van der Waals surface area contributed by atoms with Gasteiger partial charge >= 0.3 is 5.97 Å². The summed E-state index contributed by atoms with van der Waals surface area (Å²) >= 11 is 2.83. The van der Waals surface area contributed by atoms with Crippen LogP contribution in [-0.2, 0) is 9.53 Å². The van der Waals surface area contributed by atoms with Crippen LogP contribution in [0.25, 0.3) is 11.8 Å². The predicted octanol–water partition coefficient (Wildman–Crippen LogP) is 4.01. The monoisotopic (exact) mass is 532 g/mol. The third-order valence-electron chi connectivity index (χ3n) is 5.92. The summed E-state index contributed by atoms with van der Waals surface area (Å²) in [6, 6.07) is 17.9. The Balaban J connectivity index is 1.89. The first kappa shape index (κ1) is 24.7. The summed E-state index contributed by atoms with van der Waals surface area (Å²) in [5.41, 5.74) is 1.80. The van der Waals surface area contributed by atoms with Crippen molar-refractivity contribution >= 4 is 40.4 Å². The Labute approximate surface area is 221 Å². The number of benzene rings is 2. The molecule has 0 amide bonds. The minimum absolute atomic E-state index is 0.176. The molecule has 0 N–H and O–H groups in total. The Hall–Kier alpha value is -3.95. The Morgan fingerprint density at radius 3 is 2.54 bits per heavy atom. The highest BCUT2D eigenvalue weighted by Gasteiger charge is 2.37. The number of hydrogen-bond acceptors (Lipinski definition) is 8. The van der Waals surface area contributed by atoms with Gasteiger partial charge in [-0.2, -0.15) is 0 Å². The zero-order chi connectivity index (χ0) is 25.9. The van der Waals surface area contributed by atoms with Crippen molar-refractivity contribution in [2.24, 2.45) is 4.99 Å². The number of rotatable bonds is 7. The van der Waals surface area contributed by atoms with Crippen LogP contribution in [0.4, 0.5) is 0 Å². The number of hydrogen-bond donors (Lipinski definition) is 0. The van der Waals surface area contributed by atoms with Gasteiger partial charge in [-0.1, -0.05) is 59.9 Å². The summed E-state index contributed by atoms with van der Waals surface area (Å²) in [6.07, 6.45) is 1.85. The molecule has 188 valence electrons. The van der Waals surface area contributed by atoms with Gasteiger partial charge in [0.05, 0.1) is 36.6 Å².